The fraction of sp³-hybridized carbons (Fsp3) is 0.0968. The largest absolute Gasteiger partial charge is 0.478 e. The van der Waals surface area contributed by atoms with Gasteiger partial charge < -0.3 is 14.8 Å². The third-order valence-corrected chi connectivity index (χ3v) is 6.90. The van der Waals surface area contributed by atoms with Crippen LogP contribution in [0.5, 0.6) is 11.8 Å². The van der Waals surface area contributed by atoms with E-state index >= 15 is 8.78 Å². The fourth-order valence-electron chi connectivity index (χ4n) is 4.79. The summed E-state index contributed by atoms with van der Waals surface area (Å²) < 4.78 is 75.6. The predicted octanol–water partition coefficient (Wildman–Crippen LogP) is 7.79. The van der Waals surface area contributed by atoms with Gasteiger partial charge in [0.2, 0.25) is 0 Å². The van der Waals surface area contributed by atoms with E-state index in [4.69, 9.17) is 4.74 Å². The van der Waals surface area contributed by atoms with E-state index in [1.54, 1.807) is 61.5 Å². The molecule has 0 aliphatic heterocycles. The van der Waals surface area contributed by atoms with Gasteiger partial charge in [-0.1, -0.05) is 54.6 Å². The summed E-state index contributed by atoms with van der Waals surface area (Å²) >= 11 is 0. The molecule has 0 radical (unpaired) electrons. The molecule has 222 valence electrons. The van der Waals surface area contributed by atoms with Crippen molar-refractivity contribution >= 4 is 17.0 Å². The number of nitrogens with one attached hydrogen (secondary N) is 1. The topological polar surface area (TPSA) is 106 Å². The van der Waals surface area contributed by atoms with Gasteiger partial charge in [0.05, 0.1) is 16.6 Å². The molecule has 0 fully saturated rings. The van der Waals surface area contributed by atoms with Crippen molar-refractivity contribution in [2.75, 3.05) is 0 Å². The standard InChI is InChI=1S/C31H20F5N5O3/c1-16-2-11-21(12-22(16)29(42)43)44-30-39-24-13-23(32)25(26(33)27(24)40-30)19-7-3-17(4-8-19)18-5-9-20(10-6-18)28-37-15-38-41(28)14-31(34,35)36/h2-13,15H,14H2,1H3,(H,39,40)(H,42,43). The van der Waals surface area contributed by atoms with Crippen LogP contribution in [-0.4, -0.2) is 42.0 Å². The molecule has 2 heterocycles. The monoisotopic (exact) mass is 605 g/mol. The van der Waals surface area contributed by atoms with E-state index in [9.17, 15) is 23.1 Å². The second kappa shape index (κ2) is 10.9. The number of ether oxygens (including phenoxy) is 1. The number of carboxylic acid groups (broad SMARTS) is 1. The lowest BCUT2D eigenvalue weighted by molar-refractivity contribution is -0.142. The molecule has 0 unspecified atom stereocenters. The number of rotatable bonds is 7. The second-order valence-corrected chi connectivity index (χ2v) is 9.88. The summed E-state index contributed by atoms with van der Waals surface area (Å²) in [5, 5.41) is 13.0. The van der Waals surface area contributed by atoms with Gasteiger partial charge in [-0.05, 0) is 41.3 Å². The lowest BCUT2D eigenvalue weighted by Gasteiger charge is -2.10. The summed E-state index contributed by atoms with van der Waals surface area (Å²) in [7, 11) is 0. The fourth-order valence-corrected chi connectivity index (χ4v) is 4.79. The average molecular weight is 606 g/mol. The SMILES string of the molecule is Cc1ccc(Oc2nc3c(F)c(-c4ccc(-c5ccc(-c6ncnn6CC(F)(F)F)cc5)cc4)c(F)cc3[nH]2)cc1C(=O)O. The van der Waals surface area contributed by atoms with Gasteiger partial charge in [-0.2, -0.15) is 23.3 Å². The zero-order valence-electron chi connectivity index (χ0n) is 22.7. The van der Waals surface area contributed by atoms with E-state index in [0.717, 1.165) is 22.6 Å². The number of hydrogen-bond donors (Lipinski definition) is 2. The highest BCUT2D eigenvalue weighted by Gasteiger charge is 2.30. The first-order chi connectivity index (χ1) is 21.0. The molecule has 6 rings (SSSR count). The van der Waals surface area contributed by atoms with Crippen LogP contribution in [0.4, 0.5) is 22.0 Å². The quantitative estimate of drug-likeness (QED) is 0.180. The van der Waals surface area contributed by atoms with E-state index in [1.807, 2.05) is 0 Å². The first kappa shape index (κ1) is 28.5. The minimum absolute atomic E-state index is 0.0305. The molecule has 4 aromatic carbocycles. The maximum atomic E-state index is 15.6. The Morgan fingerprint density at radius 2 is 1.57 bits per heavy atom. The summed E-state index contributed by atoms with van der Waals surface area (Å²) in [6.45, 7) is 0.369. The molecule has 0 bridgehead atoms. The third kappa shape index (κ3) is 5.59. The molecule has 0 spiro atoms. The van der Waals surface area contributed by atoms with Crippen molar-refractivity contribution < 1.29 is 36.6 Å². The smallest absolute Gasteiger partial charge is 0.408 e. The molecule has 13 heteroatoms. The maximum absolute atomic E-state index is 15.6. The van der Waals surface area contributed by atoms with Crippen LogP contribution in [0.1, 0.15) is 15.9 Å². The van der Waals surface area contributed by atoms with Crippen molar-refractivity contribution in [3.8, 4) is 45.4 Å². The lowest BCUT2D eigenvalue weighted by atomic mass is 9.98. The van der Waals surface area contributed by atoms with Gasteiger partial charge in [0.25, 0.3) is 6.01 Å². The number of benzene rings is 4. The van der Waals surface area contributed by atoms with Crippen LogP contribution in [-0.2, 0) is 6.54 Å². The molecule has 8 nitrogen and oxygen atoms in total. The highest BCUT2D eigenvalue weighted by atomic mass is 19.4. The molecule has 44 heavy (non-hydrogen) atoms. The Kier molecular flexibility index (Phi) is 7.08. The molecule has 2 N–H and O–H groups in total. The van der Waals surface area contributed by atoms with Crippen molar-refractivity contribution in [1.82, 2.24) is 24.7 Å². The van der Waals surface area contributed by atoms with Gasteiger partial charge >= 0.3 is 12.1 Å². The number of imidazole rings is 1. The van der Waals surface area contributed by atoms with Crippen LogP contribution in [0, 0.1) is 18.6 Å². The van der Waals surface area contributed by atoms with Crippen molar-refractivity contribution in [3.05, 3.63) is 102 Å². The van der Waals surface area contributed by atoms with Crippen LogP contribution in [0.25, 0.3) is 44.7 Å². The lowest BCUT2D eigenvalue weighted by Crippen LogP contribution is -2.19. The molecular formula is C31H20F5N5O3. The number of carbonyl (C=O) groups is 1. The number of alkyl halides is 3. The molecule has 0 saturated heterocycles. The van der Waals surface area contributed by atoms with Crippen molar-refractivity contribution in [3.63, 3.8) is 0 Å². The normalized spacial score (nSPS) is 11.7. The van der Waals surface area contributed by atoms with E-state index in [-0.39, 0.29) is 45.3 Å². The summed E-state index contributed by atoms with van der Waals surface area (Å²) in [4.78, 5) is 22.2. The number of aromatic carboxylic acids is 1. The molecule has 0 amide bonds. The Morgan fingerprint density at radius 3 is 2.20 bits per heavy atom. The molecule has 0 saturated carbocycles. The first-order valence-electron chi connectivity index (χ1n) is 13.0. The van der Waals surface area contributed by atoms with Crippen molar-refractivity contribution in [2.45, 2.75) is 19.6 Å². The second-order valence-electron chi connectivity index (χ2n) is 9.88. The number of carboxylic acids is 1. The van der Waals surface area contributed by atoms with Crippen LogP contribution in [0.3, 0.4) is 0 Å². The van der Waals surface area contributed by atoms with E-state index < -0.39 is 30.3 Å². The number of aryl methyl sites for hydroxylation is 1. The van der Waals surface area contributed by atoms with Gasteiger partial charge in [0.15, 0.2) is 11.6 Å². The van der Waals surface area contributed by atoms with Gasteiger partial charge in [-0.3, -0.25) is 0 Å². The molecule has 0 aliphatic rings. The Morgan fingerprint density at radius 1 is 0.932 bits per heavy atom. The predicted molar refractivity (Wildman–Crippen MR) is 150 cm³/mol. The highest BCUT2D eigenvalue weighted by molar-refractivity contribution is 5.90. The van der Waals surface area contributed by atoms with E-state index in [0.29, 0.717) is 16.7 Å². The van der Waals surface area contributed by atoms with Crippen LogP contribution < -0.4 is 4.74 Å². The van der Waals surface area contributed by atoms with Gasteiger partial charge in [-0.25, -0.2) is 23.2 Å². The zero-order valence-corrected chi connectivity index (χ0v) is 22.7. The summed E-state index contributed by atoms with van der Waals surface area (Å²) in [5.74, 6) is -2.67. The number of H-pyrrole nitrogens is 1. The van der Waals surface area contributed by atoms with Crippen LogP contribution in [0.2, 0.25) is 0 Å². The Hall–Kier alpha value is -5.59. The van der Waals surface area contributed by atoms with E-state index in [1.165, 1.54) is 12.1 Å². The zero-order chi connectivity index (χ0) is 31.2. The molecule has 0 aliphatic carbocycles. The Bertz CT molecular complexity index is 2020. The van der Waals surface area contributed by atoms with Gasteiger partial charge in [-0.15, -0.1) is 0 Å². The third-order valence-electron chi connectivity index (χ3n) is 6.90. The molecule has 6 aromatic rings. The summed E-state index contributed by atoms with van der Waals surface area (Å²) in [6.07, 6.45) is -3.39. The van der Waals surface area contributed by atoms with Gasteiger partial charge in [0.1, 0.15) is 30.0 Å². The summed E-state index contributed by atoms with van der Waals surface area (Å²) in [5.41, 5.74) is 2.25. The number of halogens is 5. The summed E-state index contributed by atoms with van der Waals surface area (Å²) in [6, 6.07) is 18.4. The number of aromatic amines is 1. The van der Waals surface area contributed by atoms with E-state index in [2.05, 4.69) is 20.1 Å². The van der Waals surface area contributed by atoms with Crippen molar-refractivity contribution in [1.29, 1.82) is 0 Å². The number of aromatic nitrogens is 5. The number of fused-ring (bicyclic) bond motifs is 1. The van der Waals surface area contributed by atoms with Crippen molar-refractivity contribution in [2.24, 2.45) is 0 Å². The van der Waals surface area contributed by atoms with Crippen LogP contribution >= 0.6 is 0 Å². The maximum Gasteiger partial charge on any atom is 0.408 e. The number of hydrogen-bond acceptors (Lipinski definition) is 5. The average Bonchev–Trinajstić information content (AvgIpc) is 3.60. The molecule has 2 aromatic heterocycles. The minimum Gasteiger partial charge on any atom is -0.478 e. The van der Waals surface area contributed by atoms with Gasteiger partial charge in [0, 0.05) is 11.6 Å². The Labute approximate surface area is 245 Å². The molecule has 0 atom stereocenters. The highest BCUT2D eigenvalue weighted by Crippen LogP contribution is 2.34. The van der Waals surface area contributed by atoms with Crippen LogP contribution in [0.15, 0.2) is 79.1 Å². The minimum atomic E-state index is -4.45. The first-order valence-corrected chi connectivity index (χ1v) is 13.0. The molecular weight excluding hydrogens is 585 g/mol. The Balaban J connectivity index is 1.25. The number of nitrogens with zero attached hydrogens (tertiary/aromatic N) is 4.